The zero-order valence-electron chi connectivity index (χ0n) is 12.8. The van der Waals surface area contributed by atoms with Crippen LogP contribution in [0.1, 0.15) is 45.1 Å². The highest BCUT2D eigenvalue weighted by Crippen LogP contribution is 2.30. The van der Waals surface area contributed by atoms with Crippen molar-refractivity contribution < 1.29 is 9.52 Å². The van der Waals surface area contributed by atoms with Gasteiger partial charge in [0, 0.05) is 23.6 Å². The van der Waals surface area contributed by atoms with Crippen LogP contribution < -0.4 is 5.32 Å². The van der Waals surface area contributed by atoms with Crippen LogP contribution in [0.4, 0.5) is 0 Å². The first kappa shape index (κ1) is 15.1. The summed E-state index contributed by atoms with van der Waals surface area (Å²) in [5, 5.41) is 14.0. The van der Waals surface area contributed by atoms with Crippen LogP contribution >= 0.6 is 0 Å². The van der Waals surface area contributed by atoms with Gasteiger partial charge in [-0.25, -0.2) is 0 Å². The molecule has 0 fully saturated rings. The van der Waals surface area contributed by atoms with Gasteiger partial charge in [-0.3, -0.25) is 0 Å². The molecule has 0 spiro atoms. The lowest BCUT2D eigenvalue weighted by molar-refractivity contribution is 0.199. The number of fused-ring (bicyclic) bond motifs is 1. The van der Waals surface area contributed by atoms with Gasteiger partial charge in [-0.05, 0) is 32.3 Å². The Morgan fingerprint density at radius 1 is 1.20 bits per heavy atom. The summed E-state index contributed by atoms with van der Waals surface area (Å²) in [7, 11) is 0. The summed E-state index contributed by atoms with van der Waals surface area (Å²) in [5.41, 5.74) is 2.24. The van der Waals surface area contributed by atoms with Crippen molar-refractivity contribution in [1.82, 2.24) is 5.32 Å². The van der Waals surface area contributed by atoms with E-state index in [1.165, 1.54) is 10.9 Å². The van der Waals surface area contributed by atoms with E-state index in [-0.39, 0.29) is 24.6 Å². The third kappa shape index (κ3) is 2.89. The van der Waals surface area contributed by atoms with Crippen LogP contribution in [0.25, 0.3) is 11.0 Å². The van der Waals surface area contributed by atoms with Gasteiger partial charge in [-0.15, -0.1) is 0 Å². The Morgan fingerprint density at radius 2 is 1.90 bits per heavy atom. The third-order valence-electron chi connectivity index (χ3n) is 4.13. The molecule has 2 aromatic rings. The van der Waals surface area contributed by atoms with E-state index in [1.54, 1.807) is 0 Å². The average molecular weight is 275 g/mol. The highest BCUT2D eigenvalue weighted by molar-refractivity contribution is 5.82. The Hall–Kier alpha value is -1.32. The van der Waals surface area contributed by atoms with Crippen LogP contribution in [0.15, 0.2) is 28.7 Å². The standard InChI is InChI=1S/C17H25NO2/c1-5-14-15-8-6-7-9-16(15)20-17(14)13(4)18-12(3)11(2)10-19/h6-9,11-13,18-19H,5,10H2,1-4H3. The van der Waals surface area contributed by atoms with E-state index in [9.17, 15) is 5.11 Å². The van der Waals surface area contributed by atoms with E-state index < -0.39 is 0 Å². The first-order chi connectivity index (χ1) is 9.58. The Labute approximate surface area is 121 Å². The van der Waals surface area contributed by atoms with Gasteiger partial charge in [0.15, 0.2) is 0 Å². The second-order valence-corrected chi connectivity index (χ2v) is 5.63. The lowest BCUT2D eigenvalue weighted by Gasteiger charge is -2.23. The fourth-order valence-corrected chi connectivity index (χ4v) is 2.62. The summed E-state index contributed by atoms with van der Waals surface area (Å²) in [5.74, 6) is 1.25. The summed E-state index contributed by atoms with van der Waals surface area (Å²) < 4.78 is 6.04. The van der Waals surface area contributed by atoms with Gasteiger partial charge in [0.25, 0.3) is 0 Å². The van der Waals surface area contributed by atoms with Crippen molar-refractivity contribution in [2.45, 2.75) is 46.2 Å². The maximum atomic E-state index is 9.24. The minimum atomic E-state index is 0.140. The quantitative estimate of drug-likeness (QED) is 0.845. The highest BCUT2D eigenvalue weighted by atomic mass is 16.3. The molecule has 1 aromatic heterocycles. The monoisotopic (exact) mass is 275 g/mol. The van der Waals surface area contributed by atoms with Crippen molar-refractivity contribution in [2.75, 3.05) is 6.61 Å². The van der Waals surface area contributed by atoms with Gasteiger partial charge >= 0.3 is 0 Å². The van der Waals surface area contributed by atoms with Crippen LogP contribution in [0.2, 0.25) is 0 Å². The minimum absolute atomic E-state index is 0.140. The number of para-hydroxylation sites is 1. The summed E-state index contributed by atoms with van der Waals surface area (Å²) in [6.07, 6.45) is 0.961. The second kappa shape index (κ2) is 6.42. The number of furan rings is 1. The zero-order valence-corrected chi connectivity index (χ0v) is 12.8. The smallest absolute Gasteiger partial charge is 0.134 e. The summed E-state index contributed by atoms with van der Waals surface area (Å²) in [4.78, 5) is 0. The largest absolute Gasteiger partial charge is 0.459 e. The van der Waals surface area contributed by atoms with Gasteiger partial charge in [0.2, 0.25) is 0 Å². The third-order valence-corrected chi connectivity index (χ3v) is 4.13. The molecule has 3 nitrogen and oxygen atoms in total. The predicted molar refractivity (Wildman–Crippen MR) is 82.9 cm³/mol. The first-order valence-corrected chi connectivity index (χ1v) is 7.45. The molecule has 0 saturated heterocycles. The molecule has 0 saturated carbocycles. The molecule has 1 heterocycles. The van der Waals surface area contributed by atoms with Gasteiger partial charge < -0.3 is 14.8 Å². The molecule has 2 N–H and O–H groups in total. The van der Waals surface area contributed by atoms with Crippen LogP contribution in [-0.4, -0.2) is 17.8 Å². The number of aliphatic hydroxyl groups is 1. The van der Waals surface area contributed by atoms with Crippen molar-refractivity contribution in [3.8, 4) is 0 Å². The molecule has 0 amide bonds. The van der Waals surface area contributed by atoms with E-state index in [1.807, 2.05) is 19.1 Å². The highest BCUT2D eigenvalue weighted by Gasteiger charge is 2.21. The predicted octanol–water partition coefficient (Wildman–Crippen LogP) is 3.66. The number of nitrogens with one attached hydrogen (secondary N) is 1. The van der Waals surface area contributed by atoms with E-state index in [2.05, 4.69) is 38.2 Å². The van der Waals surface area contributed by atoms with Gasteiger partial charge in [0.05, 0.1) is 6.04 Å². The molecule has 0 aliphatic rings. The molecular formula is C17H25NO2. The van der Waals surface area contributed by atoms with Crippen molar-refractivity contribution in [1.29, 1.82) is 0 Å². The zero-order chi connectivity index (χ0) is 14.7. The van der Waals surface area contributed by atoms with E-state index in [4.69, 9.17) is 4.42 Å². The normalized spacial score (nSPS) is 16.2. The number of aliphatic hydroxyl groups excluding tert-OH is 1. The topological polar surface area (TPSA) is 45.4 Å². The van der Waals surface area contributed by atoms with E-state index in [0.29, 0.717) is 0 Å². The second-order valence-electron chi connectivity index (χ2n) is 5.63. The number of hydrogen-bond acceptors (Lipinski definition) is 3. The van der Waals surface area contributed by atoms with Crippen molar-refractivity contribution in [3.05, 3.63) is 35.6 Å². The molecule has 0 radical (unpaired) electrons. The lowest BCUT2D eigenvalue weighted by Crippen LogP contribution is -2.35. The molecule has 110 valence electrons. The summed E-state index contributed by atoms with van der Waals surface area (Å²) in [6, 6.07) is 8.58. The van der Waals surface area contributed by atoms with Crippen molar-refractivity contribution in [3.63, 3.8) is 0 Å². The number of rotatable bonds is 6. The molecular weight excluding hydrogens is 250 g/mol. The molecule has 20 heavy (non-hydrogen) atoms. The van der Waals surface area contributed by atoms with Gasteiger partial charge in [0.1, 0.15) is 11.3 Å². The van der Waals surface area contributed by atoms with Crippen LogP contribution in [-0.2, 0) is 6.42 Å². The van der Waals surface area contributed by atoms with Crippen LogP contribution in [0.3, 0.4) is 0 Å². The Balaban J connectivity index is 2.27. The minimum Gasteiger partial charge on any atom is -0.459 e. The molecule has 0 aliphatic heterocycles. The number of hydrogen-bond donors (Lipinski definition) is 2. The van der Waals surface area contributed by atoms with Crippen molar-refractivity contribution >= 4 is 11.0 Å². The Bertz CT molecular complexity index is 561. The lowest BCUT2D eigenvalue weighted by atomic mass is 10.0. The van der Waals surface area contributed by atoms with Crippen molar-refractivity contribution in [2.24, 2.45) is 5.92 Å². The molecule has 0 aliphatic carbocycles. The number of aryl methyl sites for hydroxylation is 1. The van der Waals surface area contributed by atoms with Gasteiger partial charge in [-0.1, -0.05) is 32.0 Å². The van der Waals surface area contributed by atoms with Gasteiger partial charge in [-0.2, -0.15) is 0 Å². The molecule has 3 atom stereocenters. The molecule has 2 rings (SSSR count). The first-order valence-electron chi connectivity index (χ1n) is 7.45. The summed E-state index contributed by atoms with van der Waals surface area (Å²) >= 11 is 0. The van der Waals surface area contributed by atoms with E-state index in [0.717, 1.165) is 17.8 Å². The Kier molecular flexibility index (Phi) is 4.84. The number of benzene rings is 1. The van der Waals surface area contributed by atoms with E-state index >= 15 is 0 Å². The van der Waals surface area contributed by atoms with Crippen LogP contribution in [0, 0.1) is 5.92 Å². The average Bonchev–Trinajstić information content (AvgIpc) is 2.84. The SMILES string of the molecule is CCc1c(C(C)NC(C)C(C)CO)oc2ccccc12. The fraction of sp³-hybridized carbons (Fsp3) is 0.529. The maximum absolute atomic E-state index is 9.24. The molecule has 3 unspecified atom stereocenters. The van der Waals surface area contributed by atoms with Crippen LogP contribution in [0.5, 0.6) is 0 Å². The fourth-order valence-electron chi connectivity index (χ4n) is 2.62. The molecule has 1 aromatic carbocycles. The summed E-state index contributed by atoms with van der Waals surface area (Å²) in [6.45, 7) is 8.63. The molecule has 3 heteroatoms. The Morgan fingerprint density at radius 3 is 2.55 bits per heavy atom. The maximum Gasteiger partial charge on any atom is 0.134 e. The molecule has 0 bridgehead atoms.